The van der Waals surface area contributed by atoms with Gasteiger partial charge in [0.05, 0.1) is 17.2 Å². The van der Waals surface area contributed by atoms with Gasteiger partial charge in [0, 0.05) is 12.8 Å². The quantitative estimate of drug-likeness (QED) is 0.798. The Bertz CT molecular complexity index is 413. The second kappa shape index (κ2) is 5.10. The van der Waals surface area contributed by atoms with Gasteiger partial charge in [-0.15, -0.1) is 0 Å². The first-order valence-electron chi connectivity index (χ1n) is 6.83. The summed E-state index contributed by atoms with van der Waals surface area (Å²) in [7, 11) is 0. The fraction of sp³-hybridized carbons (Fsp3) is 0.600. The molecule has 3 heteroatoms. The molecule has 98 valence electrons. The van der Waals surface area contributed by atoms with Crippen LogP contribution in [0.3, 0.4) is 0 Å². The van der Waals surface area contributed by atoms with E-state index in [-0.39, 0.29) is 11.7 Å². The fourth-order valence-corrected chi connectivity index (χ4v) is 3.35. The second-order valence-corrected chi connectivity index (χ2v) is 5.81. The summed E-state index contributed by atoms with van der Waals surface area (Å²) in [5.41, 5.74) is 0.101. The van der Waals surface area contributed by atoms with E-state index >= 15 is 0 Å². The summed E-state index contributed by atoms with van der Waals surface area (Å²) in [5.74, 6) is 0.805. The summed E-state index contributed by atoms with van der Waals surface area (Å²) >= 11 is 6.14. The predicted octanol–water partition coefficient (Wildman–Crippen LogP) is 4.21. The highest BCUT2D eigenvalue weighted by Gasteiger charge is 2.40. The lowest BCUT2D eigenvalue weighted by Crippen LogP contribution is -2.41. The maximum atomic E-state index is 6.14. The zero-order valence-corrected chi connectivity index (χ0v) is 11.3. The van der Waals surface area contributed by atoms with Gasteiger partial charge in [-0.3, -0.25) is 0 Å². The summed E-state index contributed by atoms with van der Waals surface area (Å²) in [5, 5.41) is 0.699. The normalized spacial score (nSPS) is 26.4. The number of benzene rings is 1. The molecule has 2 aliphatic rings. The molecule has 3 rings (SSSR count). The zero-order valence-electron chi connectivity index (χ0n) is 10.5. The van der Waals surface area contributed by atoms with Crippen LogP contribution >= 0.6 is 11.6 Å². The van der Waals surface area contributed by atoms with Crippen LogP contribution in [0.25, 0.3) is 0 Å². The summed E-state index contributed by atoms with van der Waals surface area (Å²) in [6.07, 6.45) is 7.19. The number of hydrogen-bond donors (Lipinski definition) is 0. The van der Waals surface area contributed by atoms with Gasteiger partial charge in [0.25, 0.3) is 0 Å². The Labute approximate surface area is 113 Å². The van der Waals surface area contributed by atoms with Crippen molar-refractivity contribution < 1.29 is 9.47 Å². The highest BCUT2D eigenvalue weighted by Crippen LogP contribution is 2.41. The number of halogens is 1. The molecule has 18 heavy (non-hydrogen) atoms. The molecule has 2 fully saturated rings. The lowest BCUT2D eigenvalue weighted by Gasteiger charge is -2.38. The van der Waals surface area contributed by atoms with Gasteiger partial charge in [0.15, 0.2) is 0 Å². The lowest BCUT2D eigenvalue weighted by molar-refractivity contribution is -0.108. The molecule has 1 aromatic carbocycles. The maximum Gasteiger partial charge on any atom is 0.138 e. The van der Waals surface area contributed by atoms with E-state index < -0.39 is 0 Å². The molecule has 1 aliphatic carbocycles. The van der Waals surface area contributed by atoms with Gasteiger partial charge in [-0.2, -0.15) is 0 Å². The highest BCUT2D eigenvalue weighted by atomic mass is 35.5. The van der Waals surface area contributed by atoms with Crippen molar-refractivity contribution >= 4 is 11.6 Å². The van der Waals surface area contributed by atoms with E-state index in [1.54, 1.807) is 0 Å². The number of hydrogen-bond acceptors (Lipinski definition) is 2. The average Bonchev–Trinajstić information content (AvgIpc) is 2.80. The maximum absolute atomic E-state index is 6.14. The number of para-hydroxylation sites is 1. The molecule has 1 spiro atoms. The summed E-state index contributed by atoms with van der Waals surface area (Å²) in [4.78, 5) is 0. The van der Waals surface area contributed by atoms with E-state index in [4.69, 9.17) is 21.1 Å². The van der Waals surface area contributed by atoms with Crippen LogP contribution in [-0.2, 0) is 4.74 Å². The van der Waals surface area contributed by atoms with Crippen LogP contribution in [-0.4, -0.2) is 18.3 Å². The van der Waals surface area contributed by atoms with E-state index in [1.807, 2.05) is 24.3 Å². The Morgan fingerprint density at radius 1 is 1.22 bits per heavy atom. The van der Waals surface area contributed by atoms with E-state index in [0.717, 1.165) is 25.2 Å². The molecule has 1 saturated heterocycles. The van der Waals surface area contributed by atoms with E-state index in [0.29, 0.717) is 5.02 Å². The van der Waals surface area contributed by atoms with E-state index in [2.05, 4.69) is 0 Å². The topological polar surface area (TPSA) is 18.5 Å². The number of rotatable bonds is 2. The number of ether oxygens (including phenoxy) is 2. The second-order valence-electron chi connectivity index (χ2n) is 5.40. The van der Waals surface area contributed by atoms with Gasteiger partial charge in [0.2, 0.25) is 0 Å². The van der Waals surface area contributed by atoms with Crippen LogP contribution < -0.4 is 4.74 Å². The minimum Gasteiger partial charge on any atom is -0.489 e. The molecule has 0 amide bonds. The molecule has 1 atom stereocenters. The third-order valence-corrected chi connectivity index (χ3v) is 4.41. The highest BCUT2D eigenvalue weighted by molar-refractivity contribution is 6.32. The van der Waals surface area contributed by atoms with E-state index in [9.17, 15) is 0 Å². The van der Waals surface area contributed by atoms with Crippen molar-refractivity contribution in [3.63, 3.8) is 0 Å². The minimum atomic E-state index is 0.101. The SMILES string of the molecule is Clc1ccccc1OC1CCOC2(CCCC2)C1. The predicted molar refractivity (Wildman–Crippen MR) is 72.3 cm³/mol. The first-order chi connectivity index (χ1) is 8.77. The van der Waals surface area contributed by atoms with Crippen molar-refractivity contribution in [2.24, 2.45) is 0 Å². The molecule has 1 unspecified atom stereocenters. The Balaban J connectivity index is 1.68. The molecule has 2 nitrogen and oxygen atoms in total. The van der Waals surface area contributed by atoms with Crippen molar-refractivity contribution in [2.45, 2.75) is 50.2 Å². The third kappa shape index (κ3) is 2.50. The average molecular weight is 267 g/mol. The molecular formula is C15H19ClO2. The minimum absolute atomic E-state index is 0.101. The molecule has 1 heterocycles. The molecule has 0 bridgehead atoms. The Morgan fingerprint density at radius 2 is 2.00 bits per heavy atom. The zero-order chi connectivity index (χ0) is 12.4. The first kappa shape index (κ1) is 12.3. The Hall–Kier alpha value is -0.730. The van der Waals surface area contributed by atoms with Crippen LogP contribution in [0, 0.1) is 0 Å². The van der Waals surface area contributed by atoms with Gasteiger partial charge in [-0.1, -0.05) is 36.6 Å². The molecule has 1 aromatic rings. The molecular weight excluding hydrogens is 248 g/mol. The lowest BCUT2D eigenvalue weighted by atomic mass is 9.90. The van der Waals surface area contributed by atoms with Crippen LogP contribution in [0.4, 0.5) is 0 Å². The van der Waals surface area contributed by atoms with Crippen molar-refractivity contribution in [3.05, 3.63) is 29.3 Å². The Kier molecular flexibility index (Phi) is 3.49. The van der Waals surface area contributed by atoms with Gasteiger partial charge in [-0.05, 0) is 25.0 Å². The Morgan fingerprint density at radius 3 is 2.78 bits per heavy atom. The standard InChI is InChI=1S/C15H19ClO2/c16-13-5-1-2-6-14(13)18-12-7-10-17-15(11-12)8-3-4-9-15/h1-2,5-6,12H,3-4,7-11H2. The smallest absolute Gasteiger partial charge is 0.138 e. The van der Waals surface area contributed by atoms with Crippen LogP contribution in [0.2, 0.25) is 5.02 Å². The van der Waals surface area contributed by atoms with E-state index in [1.165, 1.54) is 25.7 Å². The van der Waals surface area contributed by atoms with Crippen molar-refractivity contribution in [2.75, 3.05) is 6.61 Å². The summed E-state index contributed by atoms with van der Waals surface area (Å²) < 4.78 is 12.1. The fourth-order valence-electron chi connectivity index (χ4n) is 3.17. The van der Waals surface area contributed by atoms with Crippen molar-refractivity contribution in [1.29, 1.82) is 0 Å². The third-order valence-electron chi connectivity index (χ3n) is 4.09. The van der Waals surface area contributed by atoms with Crippen LogP contribution in [0.5, 0.6) is 5.75 Å². The summed E-state index contributed by atoms with van der Waals surface area (Å²) in [6, 6.07) is 7.71. The van der Waals surface area contributed by atoms with Crippen molar-refractivity contribution in [3.8, 4) is 5.75 Å². The molecule has 0 radical (unpaired) electrons. The van der Waals surface area contributed by atoms with Gasteiger partial charge >= 0.3 is 0 Å². The van der Waals surface area contributed by atoms with Crippen LogP contribution in [0.15, 0.2) is 24.3 Å². The molecule has 0 N–H and O–H groups in total. The first-order valence-corrected chi connectivity index (χ1v) is 7.20. The molecule has 1 aliphatic heterocycles. The van der Waals surface area contributed by atoms with Crippen molar-refractivity contribution in [1.82, 2.24) is 0 Å². The summed E-state index contributed by atoms with van der Waals surface area (Å²) in [6.45, 7) is 0.815. The van der Waals surface area contributed by atoms with Gasteiger partial charge in [-0.25, -0.2) is 0 Å². The van der Waals surface area contributed by atoms with Gasteiger partial charge < -0.3 is 9.47 Å². The van der Waals surface area contributed by atoms with Crippen LogP contribution in [0.1, 0.15) is 38.5 Å². The largest absolute Gasteiger partial charge is 0.489 e. The van der Waals surface area contributed by atoms with Gasteiger partial charge in [0.1, 0.15) is 11.9 Å². The molecule has 0 aromatic heterocycles. The molecule has 1 saturated carbocycles. The monoisotopic (exact) mass is 266 g/mol.